The fourth-order valence-electron chi connectivity index (χ4n) is 1.31. The average Bonchev–Trinajstić information content (AvgIpc) is 2.35. The number of benzene rings is 1. The van der Waals surface area contributed by atoms with Gasteiger partial charge in [-0.2, -0.15) is 0 Å². The molecule has 1 aromatic rings. The molecular formula is C12H15NO3. The Bertz CT molecular complexity index is 371. The minimum atomic E-state index is 0.161. The molecule has 0 aliphatic rings. The molecule has 1 rings (SSSR count). The first-order valence-corrected chi connectivity index (χ1v) is 4.78. The summed E-state index contributed by atoms with van der Waals surface area (Å²) in [6.07, 6.45) is 5.14. The Morgan fingerprint density at radius 3 is 2.19 bits per heavy atom. The fraction of sp³-hybridized carbons (Fsp3) is 0.333. The Hall–Kier alpha value is -1.86. The summed E-state index contributed by atoms with van der Waals surface area (Å²) >= 11 is 0. The standard InChI is InChI=1S/C12H15NO3/c1-4-5-16-12-10(14-2)6-9(8-13)7-11(12)15-3/h1,6-7H,5,8,13H2,2-3H3. The summed E-state index contributed by atoms with van der Waals surface area (Å²) in [5.74, 6) is 4.02. The van der Waals surface area contributed by atoms with Crippen LogP contribution in [-0.4, -0.2) is 20.8 Å². The number of nitrogens with two attached hydrogens (primary N) is 1. The Morgan fingerprint density at radius 1 is 1.25 bits per heavy atom. The maximum absolute atomic E-state index is 5.56. The van der Waals surface area contributed by atoms with Crippen LogP contribution in [-0.2, 0) is 6.54 Å². The molecule has 2 N–H and O–H groups in total. The van der Waals surface area contributed by atoms with Crippen molar-refractivity contribution < 1.29 is 14.2 Å². The quantitative estimate of drug-likeness (QED) is 0.758. The highest BCUT2D eigenvalue weighted by atomic mass is 16.5. The molecule has 0 heterocycles. The zero-order valence-corrected chi connectivity index (χ0v) is 9.45. The van der Waals surface area contributed by atoms with Crippen molar-refractivity contribution in [1.29, 1.82) is 0 Å². The third-order valence-corrected chi connectivity index (χ3v) is 2.06. The fourth-order valence-corrected chi connectivity index (χ4v) is 1.31. The lowest BCUT2D eigenvalue weighted by molar-refractivity contribution is 0.304. The van der Waals surface area contributed by atoms with E-state index in [1.807, 2.05) is 0 Å². The molecule has 1 aromatic carbocycles. The van der Waals surface area contributed by atoms with Crippen LogP contribution in [0, 0.1) is 12.3 Å². The van der Waals surface area contributed by atoms with E-state index in [9.17, 15) is 0 Å². The zero-order valence-electron chi connectivity index (χ0n) is 9.45. The number of ether oxygens (including phenoxy) is 3. The summed E-state index contributed by atoms with van der Waals surface area (Å²) in [7, 11) is 3.11. The van der Waals surface area contributed by atoms with E-state index >= 15 is 0 Å². The summed E-state index contributed by atoms with van der Waals surface area (Å²) in [5, 5.41) is 0. The Balaban J connectivity index is 3.15. The van der Waals surface area contributed by atoms with Gasteiger partial charge in [-0.05, 0) is 17.7 Å². The minimum Gasteiger partial charge on any atom is -0.493 e. The number of hydrogen-bond acceptors (Lipinski definition) is 4. The normalized spacial score (nSPS) is 9.38. The Kier molecular flexibility index (Phi) is 4.49. The number of methoxy groups -OCH3 is 2. The van der Waals surface area contributed by atoms with Crippen molar-refractivity contribution in [3.05, 3.63) is 17.7 Å². The van der Waals surface area contributed by atoms with Gasteiger partial charge in [0.15, 0.2) is 11.5 Å². The van der Waals surface area contributed by atoms with Crippen LogP contribution in [0.15, 0.2) is 12.1 Å². The highest BCUT2D eigenvalue weighted by Crippen LogP contribution is 2.38. The highest BCUT2D eigenvalue weighted by molar-refractivity contribution is 5.54. The second-order valence-corrected chi connectivity index (χ2v) is 3.03. The second-order valence-electron chi connectivity index (χ2n) is 3.03. The molecule has 4 nitrogen and oxygen atoms in total. The Morgan fingerprint density at radius 2 is 1.81 bits per heavy atom. The highest BCUT2D eigenvalue weighted by Gasteiger charge is 2.13. The molecule has 0 spiro atoms. The molecular weight excluding hydrogens is 206 g/mol. The van der Waals surface area contributed by atoms with Crippen molar-refractivity contribution in [3.63, 3.8) is 0 Å². The van der Waals surface area contributed by atoms with E-state index in [2.05, 4.69) is 5.92 Å². The molecule has 86 valence electrons. The lowest BCUT2D eigenvalue weighted by atomic mass is 10.2. The van der Waals surface area contributed by atoms with Crippen LogP contribution in [0.5, 0.6) is 17.2 Å². The molecule has 0 saturated heterocycles. The first-order chi connectivity index (χ1) is 7.76. The SMILES string of the molecule is C#CCOc1c(OC)cc(CN)cc1OC. The molecule has 0 aliphatic carbocycles. The van der Waals surface area contributed by atoms with E-state index in [0.717, 1.165) is 5.56 Å². The van der Waals surface area contributed by atoms with Gasteiger partial charge in [0.2, 0.25) is 5.75 Å². The van der Waals surface area contributed by atoms with Gasteiger partial charge in [-0.1, -0.05) is 5.92 Å². The van der Waals surface area contributed by atoms with Crippen molar-refractivity contribution in [3.8, 4) is 29.6 Å². The maximum atomic E-state index is 5.56. The van der Waals surface area contributed by atoms with E-state index in [1.165, 1.54) is 0 Å². The van der Waals surface area contributed by atoms with Crippen LogP contribution in [0.2, 0.25) is 0 Å². The van der Waals surface area contributed by atoms with Gasteiger partial charge in [-0.3, -0.25) is 0 Å². The number of hydrogen-bond donors (Lipinski definition) is 1. The van der Waals surface area contributed by atoms with Crippen LogP contribution in [0.1, 0.15) is 5.56 Å². The Labute approximate surface area is 95.3 Å². The maximum Gasteiger partial charge on any atom is 0.204 e. The summed E-state index contributed by atoms with van der Waals surface area (Å²) < 4.78 is 15.8. The van der Waals surface area contributed by atoms with Crippen LogP contribution < -0.4 is 19.9 Å². The minimum absolute atomic E-state index is 0.161. The summed E-state index contributed by atoms with van der Waals surface area (Å²) in [4.78, 5) is 0. The van der Waals surface area contributed by atoms with E-state index in [4.69, 9.17) is 26.4 Å². The first kappa shape index (κ1) is 12.2. The lowest BCUT2D eigenvalue weighted by Crippen LogP contribution is -2.03. The molecule has 0 fully saturated rings. The van der Waals surface area contributed by atoms with Crippen molar-refractivity contribution in [2.24, 2.45) is 5.73 Å². The monoisotopic (exact) mass is 221 g/mol. The van der Waals surface area contributed by atoms with Gasteiger partial charge >= 0.3 is 0 Å². The van der Waals surface area contributed by atoms with Crippen molar-refractivity contribution in [2.75, 3.05) is 20.8 Å². The van der Waals surface area contributed by atoms with Crippen molar-refractivity contribution >= 4 is 0 Å². The lowest BCUT2D eigenvalue weighted by Gasteiger charge is -2.14. The summed E-state index contributed by atoms with van der Waals surface area (Å²) in [6.45, 7) is 0.566. The zero-order chi connectivity index (χ0) is 12.0. The predicted molar refractivity (Wildman–Crippen MR) is 61.8 cm³/mol. The largest absolute Gasteiger partial charge is 0.493 e. The average molecular weight is 221 g/mol. The number of terminal acetylenes is 1. The van der Waals surface area contributed by atoms with Crippen LogP contribution in [0.4, 0.5) is 0 Å². The second kappa shape index (κ2) is 5.89. The van der Waals surface area contributed by atoms with E-state index < -0.39 is 0 Å². The van der Waals surface area contributed by atoms with Crippen molar-refractivity contribution in [1.82, 2.24) is 0 Å². The molecule has 0 aromatic heterocycles. The van der Waals surface area contributed by atoms with Gasteiger partial charge in [0.1, 0.15) is 6.61 Å². The third kappa shape index (κ3) is 2.59. The molecule has 16 heavy (non-hydrogen) atoms. The van der Waals surface area contributed by atoms with Gasteiger partial charge in [-0.25, -0.2) is 0 Å². The van der Waals surface area contributed by atoms with Gasteiger partial charge in [0.05, 0.1) is 14.2 Å². The van der Waals surface area contributed by atoms with E-state index in [-0.39, 0.29) is 6.61 Å². The van der Waals surface area contributed by atoms with Gasteiger partial charge < -0.3 is 19.9 Å². The molecule has 0 radical (unpaired) electrons. The summed E-state index contributed by atoms with van der Waals surface area (Å²) in [5.41, 5.74) is 6.47. The van der Waals surface area contributed by atoms with Crippen molar-refractivity contribution in [2.45, 2.75) is 6.54 Å². The van der Waals surface area contributed by atoms with Gasteiger partial charge in [0, 0.05) is 6.54 Å². The van der Waals surface area contributed by atoms with Crippen LogP contribution in [0.25, 0.3) is 0 Å². The third-order valence-electron chi connectivity index (χ3n) is 2.06. The van der Waals surface area contributed by atoms with Gasteiger partial charge in [0.25, 0.3) is 0 Å². The topological polar surface area (TPSA) is 53.7 Å². The predicted octanol–water partition coefficient (Wildman–Crippen LogP) is 1.17. The molecule has 0 unspecified atom stereocenters. The van der Waals surface area contributed by atoms with E-state index in [0.29, 0.717) is 23.8 Å². The molecule has 0 saturated carbocycles. The molecule has 0 bridgehead atoms. The molecule has 0 amide bonds. The van der Waals surface area contributed by atoms with Crippen LogP contribution in [0.3, 0.4) is 0 Å². The molecule has 4 heteroatoms. The number of rotatable bonds is 5. The summed E-state index contributed by atoms with van der Waals surface area (Å²) in [6, 6.07) is 3.60. The smallest absolute Gasteiger partial charge is 0.204 e. The van der Waals surface area contributed by atoms with Gasteiger partial charge in [-0.15, -0.1) is 6.42 Å². The van der Waals surface area contributed by atoms with E-state index in [1.54, 1.807) is 26.4 Å². The molecule has 0 aliphatic heterocycles. The molecule has 0 atom stereocenters. The van der Waals surface area contributed by atoms with Crippen LogP contribution >= 0.6 is 0 Å². The first-order valence-electron chi connectivity index (χ1n) is 4.78.